The first-order valence-corrected chi connectivity index (χ1v) is 18.3. The number of nitrogens with one attached hydrogen (secondary N) is 1. The van der Waals surface area contributed by atoms with E-state index in [0.717, 1.165) is 70.3 Å². The number of halogens is 1. The van der Waals surface area contributed by atoms with Crippen molar-refractivity contribution in [1.82, 2.24) is 15.2 Å². The van der Waals surface area contributed by atoms with Gasteiger partial charge in [-0.25, -0.2) is 14.2 Å². The highest BCUT2D eigenvalue weighted by atomic mass is 19.1. The molecule has 4 heterocycles. The van der Waals surface area contributed by atoms with Gasteiger partial charge < -0.3 is 55.3 Å². The fourth-order valence-corrected chi connectivity index (χ4v) is 7.57. The number of aromatic nitrogens is 1. The van der Waals surface area contributed by atoms with E-state index in [9.17, 15) is 29.3 Å². The highest BCUT2D eigenvalue weighted by Crippen LogP contribution is 2.45. The number of aliphatic hydroxyl groups is 3. The van der Waals surface area contributed by atoms with Crippen molar-refractivity contribution in [2.75, 3.05) is 27.4 Å². The number of methoxy groups -OCH3 is 1. The van der Waals surface area contributed by atoms with Crippen LogP contribution < -0.4 is 15.8 Å². The molecule has 16 heteroatoms. The van der Waals surface area contributed by atoms with Crippen molar-refractivity contribution >= 4 is 35.3 Å². The SMILES string of the molecule is C=CNC1CCc2c(C)c(F)cc3nc4c(c1c23)CN(C)/C4=C\C1=C(C=O)COCC1.COCc1ccc(OC2OC(C(=O)O)C(O)C(O)C2O)c(C)c1.NC=O. The van der Waals surface area contributed by atoms with Crippen molar-refractivity contribution < 1.29 is 58.1 Å². The minimum atomic E-state index is -1.74. The molecule has 1 aliphatic carbocycles. The van der Waals surface area contributed by atoms with Gasteiger partial charge in [-0.15, -0.1) is 0 Å². The highest BCUT2D eigenvalue weighted by Gasteiger charge is 2.48. The Kier molecular flexibility index (Phi) is 14.2. The molecular formula is C41H49FN4O11. The van der Waals surface area contributed by atoms with Gasteiger partial charge in [0.05, 0.1) is 42.8 Å². The number of carbonyl (C=O) groups excluding carboxylic acids is 2. The number of aryl methyl sites for hydroxylation is 2. The number of carbonyl (C=O) groups is 3. The van der Waals surface area contributed by atoms with Crippen LogP contribution in [0, 0.1) is 19.7 Å². The van der Waals surface area contributed by atoms with Crippen molar-refractivity contribution in [3.8, 4) is 5.75 Å². The molecule has 3 aromatic rings. The van der Waals surface area contributed by atoms with Crippen LogP contribution in [0.15, 0.2) is 54.3 Å². The Labute approximate surface area is 329 Å². The number of fused-ring (bicyclic) bond motifs is 2. The molecule has 6 atom stereocenters. The average Bonchev–Trinajstić information content (AvgIpc) is 3.49. The molecule has 0 saturated carbocycles. The maximum absolute atomic E-state index is 14.7. The van der Waals surface area contributed by atoms with Crippen LogP contribution in [0.5, 0.6) is 5.75 Å². The fraction of sp³-hybridized carbons (Fsp3) is 0.415. The van der Waals surface area contributed by atoms with E-state index < -0.39 is 36.7 Å². The number of aliphatic carboxylic acids is 1. The minimum Gasteiger partial charge on any atom is -0.479 e. The number of benzene rings is 2. The third-order valence-electron chi connectivity index (χ3n) is 10.4. The molecule has 7 N–H and O–H groups in total. The van der Waals surface area contributed by atoms with E-state index in [0.29, 0.717) is 43.1 Å². The molecule has 0 spiro atoms. The standard InChI is InChI=1S/C25H26FN3O2.C15H20O8.CH3NO/c1-4-27-20-6-5-17-14(2)19(26)10-21-23(17)24(20)18-11-29(3)22(25(18)28-21)9-15-7-8-31-13-16(15)12-30;1-7-5-8(6-21-2)3-4-9(7)22-15-12(18)10(16)11(17)13(23-15)14(19)20;2-1-3/h4,9-10,12,20,27H,1,5-8,11,13H2,2-3H3;3-5,10-13,15-18H,6H2,1-2H3,(H,19,20);1H,(H2,2,3)/b22-9-;;. The molecule has 1 fully saturated rings. The Morgan fingerprint density at radius 3 is 2.51 bits per heavy atom. The number of amides is 1. The van der Waals surface area contributed by atoms with Gasteiger partial charge in [0.1, 0.15) is 36.2 Å². The number of aldehydes is 1. The lowest BCUT2D eigenvalue weighted by molar-refractivity contribution is -0.271. The fourth-order valence-electron chi connectivity index (χ4n) is 7.57. The van der Waals surface area contributed by atoms with Crippen LogP contribution in [-0.2, 0) is 48.2 Å². The van der Waals surface area contributed by atoms with Gasteiger partial charge in [0.2, 0.25) is 12.7 Å². The monoisotopic (exact) mass is 792 g/mol. The highest BCUT2D eigenvalue weighted by molar-refractivity contribution is 5.92. The molecule has 57 heavy (non-hydrogen) atoms. The van der Waals surface area contributed by atoms with Crippen molar-refractivity contribution in [3.05, 3.63) is 99.2 Å². The van der Waals surface area contributed by atoms with E-state index >= 15 is 0 Å². The molecule has 0 bridgehead atoms. The number of carboxylic acids is 1. The number of hydrogen-bond acceptors (Lipinski definition) is 13. The maximum Gasteiger partial charge on any atom is 0.335 e. The van der Waals surface area contributed by atoms with E-state index in [1.807, 2.05) is 20.0 Å². The van der Waals surface area contributed by atoms with Crippen LogP contribution >= 0.6 is 0 Å². The van der Waals surface area contributed by atoms with Crippen LogP contribution in [0.4, 0.5) is 4.39 Å². The zero-order valence-electron chi connectivity index (χ0n) is 32.2. The predicted molar refractivity (Wildman–Crippen MR) is 206 cm³/mol. The van der Waals surface area contributed by atoms with E-state index in [4.69, 9.17) is 33.8 Å². The number of carboxylic acid groups (broad SMARTS) is 1. The lowest BCUT2D eigenvalue weighted by Crippen LogP contribution is -2.61. The maximum atomic E-state index is 14.7. The van der Waals surface area contributed by atoms with Crippen LogP contribution in [0.25, 0.3) is 16.6 Å². The Morgan fingerprint density at radius 2 is 1.86 bits per heavy atom. The molecule has 0 radical (unpaired) electrons. The first kappa shape index (κ1) is 42.9. The molecule has 2 aromatic carbocycles. The van der Waals surface area contributed by atoms with Gasteiger partial charge in [0.25, 0.3) is 0 Å². The topological polar surface area (TPSA) is 223 Å². The molecule has 3 aliphatic heterocycles. The second-order valence-electron chi connectivity index (χ2n) is 14.0. The molecule has 6 unspecified atom stereocenters. The first-order chi connectivity index (χ1) is 27.3. The molecule has 1 amide bonds. The number of rotatable bonds is 9. The summed E-state index contributed by atoms with van der Waals surface area (Å²) in [6.07, 6.45) is -0.797. The van der Waals surface area contributed by atoms with Gasteiger partial charge >= 0.3 is 5.97 Å². The second kappa shape index (κ2) is 18.8. The van der Waals surface area contributed by atoms with E-state index in [-0.39, 0.29) is 18.3 Å². The van der Waals surface area contributed by atoms with E-state index in [2.05, 4.69) is 28.6 Å². The number of allylic oxidation sites excluding steroid dienone is 1. The summed E-state index contributed by atoms with van der Waals surface area (Å²) in [6, 6.07) is 6.88. The zero-order valence-corrected chi connectivity index (χ0v) is 32.2. The number of ether oxygens (including phenoxy) is 4. The van der Waals surface area contributed by atoms with Crippen LogP contribution in [-0.4, -0.2) is 107 Å². The second-order valence-corrected chi connectivity index (χ2v) is 14.0. The summed E-state index contributed by atoms with van der Waals surface area (Å²) in [6.45, 7) is 9.59. The summed E-state index contributed by atoms with van der Waals surface area (Å²) in [5.74, 6) is -1.30. The summed E-state index contributed by atoms with van der Waals surface area (Å²) in [4.78, 5) is 38.3. The third-order valence-corrected chi connectivity index (χ3v) is 10.4. The zero-order chi connectivity index (χ0) is 41.6. The molecular weight excluding hydrogens is 743 g/mol. The average molecular weight is 793 g/mol. The normalized spacial score (nSPS) is 24.4. The Bertz CT molecular complexity index is 2070. The molecule has 1 saturated heterocycles. The Morgan fingerprint density at radius 1 is 1.12 bits per heavy atom. The quantitative estimate of drug-likeness (QED) is 0.172. The third kappa shape index (κ3) is 9.01. The lowest BCUT2D eigenvalue weighted by Gasteiger charge is -2.38. The number of hydrogen-bond donors (Lipinski definition) is 6. The van der Waals surface area contributed by atoms with Crippen molar-refractivity contribution in [2.24, 2.45) is 5.73 Å². The van der Waals surface area contributed by atoms with Gasteiger partial charge in [-0.1, -0.05) is 18.7 Å². The first-order valence-electron chi connectivity index (χ1n) is 18.3. The number of nitrogens with two attached hydrogens (primary N) is 1. The number of aliphatic hydroxyl groups excluding tert-OH is 3. The Hall–Kier alpha value is -5.23. The van der Waals surface area contributed by atoms with Gasteiger partial charge in [0.15, 0.2) is 6.10 Å². The van der Waals surface area contributed by atoms with Gasteiger partial charge in [-0.2, -0.15) is 0 Å². The summed E-state index contributed by atoms with van der Waals surface area (Å²) in [5, 5.41) is 42.8. The largest absolute Gasteiger partial charge is 0.479 e. The van der Waals surface area contributed by atoms with Crippen molar-refractivity contribution in [2.45, 2.75) is 83.0 Å². The van der Waals surface area contributed by atoms with Crippen LogP contribution in [0.3, 0.4) is 0 Å². The Balaban J connectivity index is 0.000000212. The van der Waals surface area contributed by atoms with E-state index in [1.54, 1.807) is 38.4 Å². The summed E-state index contributed by atoms with van der Waals surface area (Å²) in [7, 11) is 3.61. The predicted octanol–water partition coefficient (Wildman–Crippen LogP) is 2.62. The van der Waals surface area contributed by atoms with Crippen LogP contribution in [0.1, 0.15) is 58.0 Å². The number of nitrogens with zero attached hydrogens (tertiary/aromatic N) is 2. The minimum absolute atomic E-state index is 0.120. The van der Waals surface area contributed by atoms with Gasteiger partial charge in [0, 0.05) is 43.3 Å². The summed E-state index contributed by atoms with van der Waals surface area (Å²) in [5.41, 5.74) is 14.2. The van der Waals surface area contributed by atoms with Crippen molar-refractivity contribution in [3.63, 3.8) is 0 Å². The lowest BCUT2D eigenvalue weighted by atomic mass is 9.82. The molecule has 7 rings (SSSR count). The van der Waals surface area contributed by atoms with Crippen LogP contribution in [0.2, 0.25) is 0 Å². The number of primary amides is 1. The summed E-state index contributed by atoms with van der Waals surface area (Å²) < 4.78 is 35.8. The molecule has 306 valence electrons. The molecule has 15 nitrogen and oxygen atoms in total. The number of pyridine rings is 1. The molecule has 4 aliphatic rings. The van der Waals surface area contributed by atoms with Crippen molar-refractivity contribution in [1.29, 1.82) is 0 Å². The smallest absolute Gasteiger partial charge is 0.335 e. The summed E-state index contributed by atoms with van der Waals surface area (Å²) >= 11 is 0. The molecule has 1 aromatic heterocycles. The van der Waals surface area contributed by atoms with E-state index in [1.165, 1.54) is 11.1 Å². The van der Waals surface area contributed by atoms with Gasteiger partial charge in [-0.05, 0) is 84.8 Å². The van der Waals surface area contributed by atoms with Gasteiger partial charge in [-0.3, -0.25) is 9.59 Å².